The van der Waals surface area contributed by atoms with E-state index in [4.69, 9.17) is 0 Å². The molecule has 88 valence electrons. The summed E-state index contributed by atoms with van der Waals surface area (Å²) in [6, 6.07) is 0. The molecule has 1 aromatic heterocycles. The van der Waals surface area contributed by atoms with Gasteiger partial charge in [0.1, 0.15) is 18.2 Å². The van der Waals surface area contributed by atoms with Crippen molar-refractivity contribution in [2.45, 2.75) is 32.8 Å². The van der Waals surface area contributed by atoms with Crippen molar-refractivity contribution in [1.82, 2.24) is 9.97 Å². The summed E-state index contributed by atoms with van der Waals surface area (Å²) in [5.41, 5.74) is -0.142. The number of aliphatic hydroxyl groups is 1. The highest BCUT2D eigenvalue weighted by molar-refractivity contribution is 5.21. The van der Waals surface area contributed by atoms with Crippen LogP contribution in [0.5, 0.6) is 0 Å². The molecule has 0 aliphatic carbocycles. The molecule has 0 amide bonds. The molecule has 6 nitrogen and oxygen atoms in total. The van der Waals surface area contributed by atoms with Gasteiger partial charge in [-0.1, -0.05) is 13.8 Å². The highest BCUT2D eigenvalue weighted by Gasteiger charge is 2.24. The highest BCUT2D eigenvalue weighted by Crippen LogP contribution is 2.25. The van der Waals surface area contributed by atoms with Crippen molar-refractivity contribution in [3.8, 4) is 0 Å². The van der Waals surface area contributed by atoms with E-state index in [-0.39, 0.29) is 17.5 Å². The van der Waals surface area contributed by atoms with Gasteiger partial charge in [-0.25, -0.2) is 9.97 Å². The summed E-state index contributed by atoms with van der Waals surface area (Å²) in [6.45, 7) is 5.56. The van der Waals surface area contributed by atoms with Crippen LogP contribution in [0.25, 0.3) is 0 Å². The third-order valence-electron chi connectivity index (χ3n) is 2.41. The zero-order valence-corrected chi connectivity index (χ0v) is 9.49. The topological polar surface area (TPSA) is 89.2 Å². The number of rotatable bonds is 4. The molecule has 0 saturated carbocycles. The molecule has 1 heterocycles. The molecule has 0 fully saturated rings. The van der Waals surface area contributed by atoms with Crippen LogP contribution in [0, 0.1) is 16.0 Å². The molecule has 0 bridgehead atoms. The summed E-state index contributed by atoms with van der Waals surface area (Å²) in [6.07, 6.45) is 1.75. The molecule has 0 aliphatic heterocycles. The molecule has 0 aromatic carbocycles. The van der Waals surface area contributed by atoms with Crippen molar-refractivity contribution in [2.24, 2.45) is 5.92 Å². The fourth-order valence-electron chi connectivity index (χ4n) is 1.67. The lowest BCUT2D eigenvalue weighted by atomic mass is 9.90. The van der Waals surface area contributed by atoms with Gasteiger partial charge in [-0.05, 0) is 12.8 Å². The summed E-state index contributed by atoms with van der Waals surface area (Å²) in [5, 5.41) is 20.0. The predicted molar refractivity (Wildman–Crippen MR) is 57.9 cm³/mol. The van der Waals surface area contributed by atoms with Crippen molar-refractivity contribution < 1.29 is 10.0 Å². The van der Waals surface area contributed by atoms with E-state index in [1.165, 1.54) is 12.4 Å². The third-order valence-corrected chi connectivity index (χ3v) is 2.41. The van der Waals surface area contributed by atoms with Crippen LogP contribution < -0.4 is 0 Å². The first kappa shape index (κ1) is 12.5. The average Bonchev–Trinajstić information content (AvgIpc) is 2.17. The Morgan fingerprint density at radius 3 is 2.12 bits per heavy atom. The Morgan fingerprint density at radius 2 is 1.81 bits per heavy atom. The van der Waals surface area contributed by atoms with Gasteiger partial charge in [0, 0.05) is 5.92 Å². The van der Waals surface area contributed by atoms with Crippen molar-refractivity contribution in [3.05, 3.63) is 28.3 Å². The molecule has 1 rings (SSSR count). The molecule has 1 aromatic rings. The van der Waals surface area contributed by atoms with Gasteiger partial charge >= 0.3 is 5.69 Å². The quantitative estimate of drug-likeness (QED) is 0.619. The van der Waals surface area contributed by atoms with E-state index in [1.54, 1.807) is 6.92 Å². The molecular formula is C10H15N3O3. The lowest BCUT2D eigenvalue weighted by molar-refractivity contribution is -0.385. The lowest BCUT2D eigenvalue weighted by Crippen LogP contribution is -2.22. The molecule has 6 heteroatoms. The average molecular weight is 225 g/mol. The minimum atomic E-state index is -0.582. The Hall–Kier alpha value is -1.56. The first-order valence-corrected chi connectivity index (χ1v) is 5.08. The number of hydrogen-bond acceptors (Lipinski definition) is 5. The maximum absolute atomic E-state index is 10.4. The standard InChI is InChI=1S/C10H15N3O3/c1-6(2)9(7(3)14)10-11-4-8(5-12-10)13(15)16/h4-7,9,14H,1-3H3. The SMILES string of the molecule is CC(C)C(c1ncc([N+](=O)[O-])cn1)C(C)O. The van der Waals surface area contributed by atoms with Crippen LogP contribution >= 0.6 is 0 Å². The highest BCUT2D eigenvalue weighted by atomic mass is 16.6. The van der Waals surface area contributed by atoms with Crippen LogP contribution in [-0.4, -0.2) is 26.1 Å². The van der Waals surface area contributed by atoms with Gasteiger partial charge in [0.15, 0.2) is 0 Å². The van der Waals surface area contributed by atoms with Crippen LogP contribution in [0.1, 0.15) is 32.5 Å². The second-order valence-corrected chi connectivity index (χ2v) is 4.07. The number of nitrogens with zero attached hydrogens (tertiary/aromatic N) is 3. The van der Waals surface area contributed by atoms with E-state index >= 15 is 0 Å². The molecule has 16 heavy (non-hydrogen) atoms. The van der Waals surface area contributed by atoms with Gasteiger partial charge in [0.05, 0.1) is 11.0 Å². The second-order valence-electron chi connectivity index (χ2n) is 4.07. The molecule has 2 unspecified atom stereocenters. The minimum Gasteiger partial charge on any atom is -0.393 e. The van der Waals surface area contributed by atoms with Crippen LogP contribution in [0.15, 0.2) is 12.4 Å². The van der Waals surface area contributed by atoms with E-state index in [2.05, 4.69) is 9.97 Å². The van der Waals surface area contributed by atoms with E-state index < -0.39 is 11.0 Å². The zero-order valence-electron chi connectivity index (χ0n) is 9.49. The van der Waals surface area contributed by atoms with Crippen LogP contribution in [-0.2, 0) is 0 Å². The zero-order chi connectivity index (χ0) is 12.3. The van der Waals surface area contributed by atoms with E-state index in [0.717, 1.165) is 0 Å². The van der Waals surface area contributed by atoms with Gasteiger partial charge in [0.25, 0.3) is 0 Å². The van der Waals surface area contributed by atoms with Crippen molar-refractivity contribution in [2.75, 3.05) is 0 Å². The van der Waals surface area contributed by atoms with E-state index in [1.807, 2.05) is 13.8 Å². The van der Waals surface area contributed by atoms with Gasteiger partial charge in [-0.15, -0.1) is 0 Å². The number of hydrogen-bond donors (Lipinski definition) is 1. The van der Waals surface area contributed by atoms with Crippen LogP contribution in [0.3, 0.4) is 0 Å². The molecule has 0 spiro atoms. The van der Waals surface area contributed by atoms with Crippen molar-refractivity contribution in [1.29, 1.82) is 0 Å². The number of aliphatic hydroxyl groups excluding tert-OH is 1. The maximum atomic E-state index is 10.4. The van der Waals surface area contributed by atoms with Gasteiger partial charge in [0.2, 0.25) is 0 Å². The molecule has 0 radical (unpaired) electrons. The smallest absolute Gasteiger partial charge is 0.305 e. The third kappa shape index (κ3) is 2.73. The molecular weight excluding hydrogens is 210 g/mol. The number of nitro groups is 1. The van der Waals surface area contributed by atoms with Gasteiger partial charge in [-0.2, -0.15) is 0 Å². The Morgan fingerprint density at radius 1 is 1.31 bits per heavy atom. The Bertz CT molecular complexity index is 354. The summed E-state index contributed by atoms with van der Waals surface area (Å²) >= 11 is 0. The molecule has 0 saturated heterocycles. The summed E-state index contributed by atoms with van der Waals surface area (Å²) < 4.78 is 0. The van der Waals surface area contributed by atoms with E-state index in [0.29, 0.717) is 5.82 Å². The predicted octanol–water partition coefficient (Wildman–Crippen LogP) is 1.51. The normalized spacial score (nSPS) is 14.8. The lowest BCUT2D eigenvalue weighted by Gasteiger charge is -2.21. The Kier molecular flexibility index (Phi) is 3.89. The Labute approximate surface area is 93.5 Å². The van der Waals surface area contributed by atoms with Gasteiger partial charge in [-0.3, -0.25) is 10.1 Å². The van der Waals surface area contributed by atoms with Gasteiger partial charge < -0.3 is 5.11 Å². The second kappa shape index (κ2) is 4.98. The van der Waals surface area contributed by atoms with Crippen molar-refractivity contribution in [3.63, 3.8) is 0 Å². The first-order valence-electron chi connectivity index (χ1n) is 5.08. The molecule has 0 aliphatic rings. The largest absolute Gasteiger partial charge is 0.393 e. The summed E-state index contributed by atoms with van der Waals surface area (Å²) in [5.74, 6) is 0.401. The fourth-order valence-corrected chi connectivity index (χ4v) is 1.67. The monoisotopic (exact) mass is 225 g/mol. The molecule has 1 N–H and O–H groups in total. The first-order chi connectivity index (χ1) is 7.43. The summed E-state index contributed by atoms with van der Waals surface area (Å²) in [4.78, 5) is 17.7. The van der Waals surface area contributed by atoms with Crippen molar-refractivity contribution >= 4 is 5.69 Å². The maximum Gasteiger partial charge on any atom is 0.305 e. The van der Waals surface area contributed by atoms with Crippen LogP contribution in [0.4, 0.5) is 5.69 Å². The summed E-state index contributed by atoms with van der Waals surface area (Å²) in [7, 11) is 0. The van der Waals surface area contributed by atoms with E-state index in [9.17, 15) is 15.2 Å². The molecule has 2 atom stereocenters. The number of aromatic nitrogens is 2. The Balaban J connectivity index is 2.99. The van der Waals surface area contributed by atoms with Crippen LogP contribution in [0.2, 0.25) is 0 Å². The minimum absolute atomic E-state index is 0.142. The fraction of sp³-hybridized carbons (Fsp3) is 0.600.